The number of nitrogens with one attached hydrogen (secondary N) is 3. The maximum Gasteiger partial charge on any atom is 0.330 e. The molecule has 0 saturated heterocycles. The summed E-state index contributed by atoms with van der Waals surface area (Å²) in [5, 5.41) is 16.8. The van der Waals surface area contributed by atoms with E-state index in [1.54, 1.807) is 12.1 Å². The Morgan fingerprint density at radius 3 is 2.40 bits per heavy atom. The van der Waals surface area contributed by atoms with Crippen LogP contribution in [0.25, 0.3) is 21.5 Å². The molecule has 0 radical (unpaired) electrons. The second kappa shape index (κ2) is 13.8. The van der Waals surface area contributed by atoms with Crippen LogP contribution >= 0.6 is 0 Å². The molecule has 3 N–H and O–H groups in total. The third-order valence-corrected chi connectivity index (χ3v) is 7.13. The number of methoxy groups -OCH3 is 2. The Morgan fingerprint density at radius 1 is 0.952 bits per heavy atom. The van der Waals surface area contributed by atoms with Crippen LogP contribution in [0.4, 0.5) is 5.82 Å². The minimum Gasteiger partial charge on any atom is -0.489 e. The van der Waals surface area contributed by atoms with E-state index in [1.165, 1.54) is 20.3 Å². The molecule has 42 heavy (non-hydrogen) atoms. The molecule has 1 atom stereocenters. The van der Waals surface area contributed by atoms with Gasteiger partial charge < -0.3 is 24.8 Å². The topological polar surface area (TPSA) is 132 Å². The van der Waals surface area contributed by atoms with Crippen LogP contribution in [-0.2, 0) is 19.1 Å². The van der Waals surface area contributed by atoms with Crippen LogP contribution in [-0.4, -0.2) is 56.1 Å². The number of H-pyrrole nitrogens is 1. The number of benzene rings is 3. The van der Waals surface area contributed by atoms with Crippen molar-refractivity contribution in [2.45, 2.75) is 26.3 Å². The van der Waals surface area contributed by atoms with Gasteiger partial charge in [0.25, 0.3) is 5.56 Å². The zero-order valence-electron chi connectivity index (χ0n) is 24.2. The first-order valence-corrected chi connectivity index (χ1v) is 13.7. The Labute approximate surface area is 244 Å². The zero-order valence-corrected chi connectivity index (χ0v) is 24.2. The SMILES string of the molecule is COC(=O)/C=C/COc1ccc2ccccc2c1C(NCCCNc1n[nH]c(=O)c2ccccc12)C(C)(C)C(=O)OC. The molecule has 0 saturated carbocycles. The molecule has 1 aromatic heterocycles. The average molecular weight is 573 g/mol. The maximum absolute atomic E-state index is 13.1. The number of aromatic amines is 1. The summed E-state index contributed by atoms with van der Waals surface area (Å²) in [6.07, 6.45) is 3.58. The van der Waals surface area contributed by atoms with Gasteiger partial charge in [-0.2, -0.15) is 5.10 Å². The Balaban J connectivity index is 1.58. The van der Waals surface area contributed by atoms with Crippen molar-refractivity contribution in [1.29, 1.82) is 0 Å². The molecule has 10 nitrogen and oxygen atoms in total. The lowest BCUT2D eigenvalue weighted by molar-refractivity contribution is -0.152. The normalized spacial score (nSPS) is 12.4. The van der Waals surface area contributed by atoms with E-state index in [2.05, 4.69) is 25.6 Å². The van der Waals surface area contributed by atoms with Gasteiger partial charge in [-0.1, -0.05) is 48.5 Å². The van der Waals surface area contributed by atoms with Gasteiger partial charge in [0, 0.05) is 23.6 Å². The molecule has 220 valence electrons. The number of ether oxygens (including phenoxy) is 3. The van der Waals surface area contributed by atoms with Crippen LogP contribution in [0.3, 0.4) is 0 Å². The molecular formula is C32H36N4O6. The summed E-state index contributed by atoms with van der Waals surface area (Å²) in [5.74, 6) is 0.343. The van der Waals surface area contributed by atoms with Gasteiger partial charge in [-0.25, -0.2) is 9.89 Å². The van der Waals surface area contributed by atoms with Crippen molar-refractivity contribution in [1.82, 2.24) is 15.5 Å². The summed E-state index contributed by atoms with van der Waals surface area (Å²) >= 11 is 0. The van der Waals surface area contributed by atoms with Gasteiger partial charge in [0.05, 0.1) is 31.1 Å². The molecule has 4 rings (SSSR count). The number of esters is 2. The summed E-state index contributed by atoms with van der Waals surface area (Å²) in [4.78, 5) is 36.7. The first-order chi connectivity index (χ1) is 20.3. The number of nitrogens with zero attached hydrogens (tertiary/aromatic N) is 1. The Kier molecular flexibility index (Phi) is 9.93. The van der Waals surface area contributed by atoms with Gasteiger partial charge in [-0.3, -0.25) is 9.59 Å². The van der Waals surface area contributed by atoms with Crippen LogP contribution < -0.4 is 20.9 Å². The second-order valence-corrected chi connectivity index (χ2v) is 10.3. The van der Waals surface area contributed by atoms with Crippen LogP contribution in [0.2, 0.25) is 0 Å². The van der Waals surface area contributed by atoms with E-state index in [0.29, 0.717) is 36.5 Å². The molecule has 0 aliphatic rings. The van der Waals surface area contributed by atoms with Crippen LogP contribution in [0.1, 0.15) is 31.9 Å². The smallest absolute Gasteiger partial charge is 0.330 e. The molecule has 1 heterocycles. The van der Waals surface area contributed by atoms with E-state index in [0.717, 1.165) is 21.7 Å². The number of rotatable bonds is 13. The lowest BCUT2D eigenvalue weighted by Gasteiger charge is -2.35. The standard InChI is InChI=1S/C32H36N4O6/c1-32(2,31(39)41-4)28(33-18-10-19-34-29-23-13-7-8-14-24(23)30(38)36-35-29)27-22-12-6-5-11-21(22)16-17-25(27)42-20-9-15-26(37)40-3/h5-9,11-17,28,33H,10,18-20H2,1-4H3,(H,34,35)(H,36,38)/b15-9+. The second-order valence-electron chi connectivity index (χ2n) is 10.3. The van der Waals surface area contributed by atoms with E-state index in [9.17, 15) is 14.4 Å². The fourth-order valence-electron chi connectivity index (χ4n) is 4.94. The lowest BCUT2D eigenvalue weighted by Crippen LogP contribution is -2.41. The predicted octanol–water partition coefficient (Wildman–Crippen LogP) is 4.52. The van der Waals surface area contributed by atoms with Crippen LogP contribution in [0, 0.1) is 5.41 Å². The van der Waals surface area contributed by atoms with Crippen LogP contribution in [0.5, 0.6) is 5.75 Å². The number of carbonyl (C=O) groups is 2. The Bertz CT molecular complexity index is 1650. The average Bonchev–Trinajstić information content (AvgIpc) is 3.01. The van der Waals surface area contributed by atoms with Crippen molar-refractivity contribution in [2.75, 3.05) is 39.2 Å². The van der Waals surface area contributed by atoms with Gasteiger partial charge in [-0.15, -0.1) is 0 Å². The predicted molar refractivity (Wildman–Crippen MR) is 163 cm³/mol. The molecular weight excluding hydrogens is 536 g/mol. The molecule has 0 aliphatic carbocycles. The molecule has 1 unspecified atom stereocenters. The summed E-state index contributed by atoms with van der Waals surface area (Å²) in [6.45, 7) is 4.93. The highest BCUT2D eigenvalue weighted by atomic mass is 16.5. The summed E-state index contributed by atoms with van der Waals surface area (Å²) in [7, 11) is 2.69. The van der Waals surface area contributed by atoms with E-state index in [4.69, 9.17) is 9.47 Å². The first kappa shape index (κ1) is 30.3. The lowest BCUT2D eigenvalue weighted by atomic mass is 9.78. The molecule has 3 aromatic carbocycles. The molecule has 4 aromatic rings. The van der Waals surface area contributed by atoms with Crippen molar-refractivity contribution in [3.05, 3.63) is 88.7 Å². The highest BCUT2D eigenvalue weighted by Gasteiger charge is 2.40. The van der Waals surface area contributed by atoms with Crippen molar-refractivity contribution >= 4 is 39.3 Å². The van der Waals surface area contributed by atoms with Gasteiger partial charge in [0.1, 0.15) is 12.4 Å². The third kappa shape index (κ3) is 6.77. The monoisotopic (exact) mass is 572 g/mol. The van der Waals surface area contributed by atoms with Gasteiger partial charge in [0.15, 0.2) is 5.82 Å². The maximum atomic E-state index is 13.1. The largest absolute Gasteiger partial charge is 0.489 e. The fraction of sp³-hybridized carbons (Fsp3) is 0.312. The summed E-state index contributed by atoms with van der Waals surface area (Å²) in [6, 6.07) is 18.6. The van der Waals surface area contributed by atoms with Crippen molar-refractivity contribution < 1.29 is 23.8 Å². The van der Waals surface area contributed by atoms with Crippen LogP contribution in [0.15, 0.2) is 77.6 Å². The van der Waals surface area contributed by atoms with E-state index < -0.39 is 17.4 Å². The number of hydrogen-bond donors (Lipinski definition) is 3. The molecule has 10 heteroatoms. The van der Waals surface area contributed by atoms with Crippen molar-refractivity contribution in [3.8, 4) is 5.75 Å². The Hall–Kier alpha value is -4.70. The van der Waals surface area contributed by atoms with E-state index in [1.807, 2.05) is 68.4 Å². The van der Waals surface area contributed by atoms with Gasteiger partial charge in [0.2, 0.25) is 0 Å². The molecule has 0 fully saturated rings. The molecule has 0 bridgehead atoms. The van der Waals surface area contributed by atoms with Crippen molar-refractivity contribution in [2.24, 2.45) is 5.41 Å². The van der Waals surface area contributed by atoms with Gasteiger partial charge in [-0.05, 0) is 55.8 Å². The van der Waals surface area contributed by atoms with E-state index in [-0.39, 0.29) is 18.1 Å². The van der Waals surface area contributed by atoms with E-state index >= 15 is 0 Å². The zero-order chi connectivity index (χ0) is 30.1. The number of anilines is 1. The minimum absolute atomic E-state index is 0.135. The summed E-state index contributed by atoms with van der Waals surface area (Å²) in [5.41, 5.74) is -0.390. The van der Waals surface area contributed by atoms with Gasteiger partial charge >= 0.3 is 11.9 Å². The number of fused-ring (bicyclic) bond motifs is 2. The molecule has 0 aliphatic heterocycles. The first-order valence-electron chi connectivity index (χ1n) is 13.7. The highest BCUT2D eigenvalue weighted by molar-refractivity contribution is 5.91. The summed E-state index contributed by atoms with van der Waals surface area (Å²) < 4.78 is 16.0. The minimum atomic E-state index is -0.969. The highest BCUT2D eigenvalue weighted by Crippen LogP contribution is 2.42. The quantitative estimate of drug-likeness (QED) is 0.120. The number of aromatic nitrogens is 2. The molecule has 0 spiro atoms. The molecule has 0 amide bonds. The van der Waals surface area contributed by atoms with Crippen molar-refractivity contribution in [3.63, 3.8) is 0 Å². The number of hydrogen-bond acceptors (Lipinski definition) is 9. The third-order valence-electron chi connectivity index (χ3n) is 7.13. The fourth-order valence-corrected chi connectivity index (χ4v) is 4.94. The Morgan fingerprint density at radius 2 is 1.67 bits per heavy atom. The number of carbonyl (C=O) groups excluding carboxylic acids is 2.